The molecule has 0 radical (unpaired) electrons. The number of aryl methyl sites for hydroxylation is 1. The Morgan fingerprint density at radius 3 is 2.40 bits per heavy atom. The van der Waals surface area contributed by atoms with Gasteiger partial charge in [-0.05, 0) is 74.7 Å². The van der Waals surface area contributed by atoms with Gasteiger partial charge in [0, 0.05) is 24.4 Å². The molecule has 0 aliphatic heterocycles. The van der Waals surface area contributed by atoms with Crippen molar-refractivity contribution >= 4 is 0 Å². The first-order valence-corrected chi connectivity index (χ1v) is 8.23. The zero-order valence-electron chi connectivity index (χ0n) is 12.3. The molecule has 4 bridgehead atoms. The van der Waals surface area contributed by atoms with Gasteiger partial charge in [-0.2, -0.15) is 0 Å². The largest absolute Gasteiger partial charge is 0.327 e. The van der Waals surface area contributed by atoms with Gasteiger partial charge in [-0.15, -0.1) is 0 Å². The lowest BCUT2D eigenvalue weighted by Crippen LogP contribution is -2.52. The Labute approximate surface area is 121 Å². The summed E-state index contributed by atoms with van der Waals surface area (Å²) in [6.07, 6.45) is 10.1. The fourth-order valence-corrected chi connectivity index (χ4v) is 5.66. The maximum Gasteiger partial charge on any atom is 0.125 e. The molecule has 2 N–H and O–H groups in total. The fraction of sp³-hybridized carbons (Fsp3) is 0.765. The van der Waals surface area contributed by atoms with E-state index in [0.717, 1.165) is 47.5 Å². The summed E-state index contributed by atoms with van der Waals surface area (Å²) in [7, 11) is 0. The highest BCUT2D eigenvalue weighted by Gasteiger charge is 2.49. The topological polar surface area (TPSA) is 51.8 Å². The minimum absolute atomic E-state index is 0.291. The first-order valence-electron chi connectivity index (χ1n) is 8.23. The third-order valence-corrected chi connectivity index (χ3v) is 6.07. The number of hydrogen-bond donors (Lipinski definition) is 1. The van der Waals surface area contributed by atoms with Gasteiger partial charge in [0.05, 0.1) is 0 Å². The Morgan fingerprint density at radius 2 is 1.80 bits per heavy atom. The lowest BCUT2D eigenvalue weighted by Gasteiger charge is -2.56. The van der Waals surface area contributed by atoms with Gasteiger partial charge >= 0.3 is 0 Å². The molecule has 1 heterocycles. The number of hydrogen-bond acceptors (Lipinski definition) is 3. The van der Waals surface area contributed by atoms with Crippen molar-refractivity contribution in [2.45, 2.75) is 51.5 Å². The van der Waals surface area contributed by atoms with Gasteiger partial charge in [0.1, 0.15) is 5.82 Å². The van der Waals surface area contributed by atoms with Gasteiger partial charge in [0.2, 0.25) is 0 Å². The van der Waals surface area contributed by atoms with Crippen LogP contribution in [0.1, 0.15) is 43.6 Å². The van der Waals surface area contributed by atoms with Crippen LogP contribution in [0.4, 0.5) is 0 Å². The third kappa shape index (κ3) is 2.16. The molecule has 20 heavy (non-hydrogen) atoms. The minimum Gasteiger partial charge on any atom is -0.327 e. The van der Waals surface area contributed by atoms with Gasteiger partial charge in [-0.3, -0.25) is 0 Å². The Kier molecular flexibility index (Phi) is 3.06. The number of nitrogens with two attached hydrogens (primary N) is 1. The van der Waals surface area contributed by atoms with E-state index in [1.165, 1.54) is 32.1 Å². The predicted octanol–water partition coefficient (Wildman–Crippen LogP) is 2.73. The van der Waals surface area contributed by atoms with Gasteiger partial charge in [0.25, 0.3) is 0 Å². The van der Waals surface area contributed by atoms with Gasteiger partial charge in [0.15, 0.2) is 0 Å². The van der Waals surface area contributed by atoms with Crippen molar-refractivity contribution in [1.82, 2.24) is 9.97 Å². The van der Waals surface area contributed by atoms with Crippen LogP contribution in [0.3, 0.4) is 0 Å². The molecule has 3 nitrogen and oxygen atoms in total. The van der Waals surface area contributed by atoms with Crippen molar-refractivity contribution in [2.24, 2.45) is 35.3 Å². The van der Waals surface area contributed by atoms with Crippen LogP contribution >= 0.6 is 0 Å². The summed E-state index contributed by atoms with van der Waals surface area (Å²) in [6, 6.07) is 2.32. The molecule has 1 unspecified atom stereocenters. The smallest absolute Gasteiger partial charge is 0.125 e. The molecule has 5 rings (SSSR count). The Hall–Kier alpha value is -0.960. The predicted molar refractivity (Wildman–Crippen MR) is 79.0 cm³/mol. The number of nitrogens with zero attached hydrogens (tertiary/aromatic N) is 2. The standard InChI is InChI=1S/C17H25N3/c1-10-19-3-2-15(20-10)9-16(18)17-13-5-11-4-12(7-13)8-14(17)6-11/h2-3,11-14,16-17H,4-9,18H2,1H3. The van der Waals surface area contributed by atoms with E-state index in [-0.39, 0.29) is 0 Å². The van der Waals surface area contributed by atoms with Crippen molar-refractivity contribution in [1.29, 1.82) is 0 Å². The molecule has 1 atom stereocenters. The van der Waals surface area contributed by atoms with Crippen LogP contribution in [-0.2, 0) is 6.42 Å². The van der Waals surface area contributed by atoms with Crippen molar-refractivity contribution < 1.29 is 0 Å². The molecule has 0 spiro atoms. The van der Waals surface area contributed by atoms with E-state index in [1.807, 2.05) is 19.2 Å². The van der Waals surface area contributed by atoms with Crippen LogP contribution in [-0.4, -0.2) is 16.0 Å². The second kappa shape index (κ2) is 4.80. The molecule has 108 valence electrons. The zero-order chi connectivity index (χ0) is 13.7. The van der Waals surface area contributed by atoms with Crippen LogP contribution in [0.25, 0.3) is 0 Å². The lowest BCUT2D eigenvalue weighted by molar-refractivity contribution is -0.0465. The lowest BCUT2D eigenvalue weighted by atomic mass is 9.50. The first kappa shape index (κ1) is 12.8. The van der Waals surface area contributed by atoms with E-state index in [2.05, 4.69) is 9.97 Å². The molecule has 4 aliphatic rings. The summed E-state index contributed by atoms with van der Waals surface area (Å²) < 4.78 is 0. The Morgan fingerprint density at radius 1 is 1.15 bits per heavy atom. The summed E-state index contributed by atoms with van der Waals surface area (Å²) in [5, 5.41) is 0. The SMILES string of the molecule is Cc1nccc(CC(N)C2C3CC4CC(C3)CC2C4)n1. The number of aromatic nitrogens is 2. The summed E-state index contributed by atoms with van der Waals surface area (Å²) in [6.45, 7) is 1.96. The fourth-order valence-electron chi connectivity index (χ4n) is 5.66. The van der Waals surface area contributed by atoms with E-state index in [0.29, 0.717) is 6.04 Å². The Bertz CT molecular complexity index is 471. The molecular weight excluding hydrogens is 246 g/mol. The molecule has 0 aromatic carbocycles. The minimum atomic E-state index is 0.291. The van der Waals surface area contributed by atoms with E-state index in [1.54, 1.807) is 0 Å². The average Bonchev–Trinajstić information content (AvgIpc) is 2.37. The van der Waals surface area contributed by atoms with Crippen molar-refractivity contribution in [3.63, 3.8) is 0 Å². The quantitative estimate of drug-likeness (QED) is 0.919. The first-order chi connectivity index (χ1) is 9.69. The summed E-state index contributed by atoms with van der Waals surface area (Å²) in [5.41, 5.74) is 7.74. The molecule has 4 aliphatic carbocycles. The average molecular weight is 271 g/mol. The monoisotopic (exact) mass is 271 g/mol. The maximum atomic E-state index is 6.62. The molecular formula is C17H25N3. The summed E-state index contributed by atoms with van der Waals surface area (Å²) in [4.78, 5) is 8.72. The van der Waals surface area contributed by atoms with Crippen LogP contribution in [0.2, 0.25) is 0 Å². The molecule has 0 amide bonds. The van der Waals surface area contributed by atoms with Crippen LogP contribution < -0.4 is 5.73 Å². The van der Waals surface area contributed by atoms with E-state index in [4.69, 9.17) is 5.73 Å². The second-order valence-electron chi connectivity index (χ2n) is 7.47. The van der Waals surface area contributed by atoms with Gasteiger partial charge in [-0.1, -0.05) is 0 Å². The highest BCUT2D eigenvalue weighted by atomic mass is 14.9. The second-order valence-corrected chi connectivity index (χ2v) is 7.47. The van der Waals surface area contributed by atoms with Crippen molar-refractivity contribution in [3.8, 4) is 0 Å². The Balaban J connectivity index is 1.50. The zero-order valence-corrected chi connectivity index (χ0v) is 12.3. The highest BCUT2D eigenvalue weighted by Crippen LogP contribution is 2.57. The molecule has 4 fully saturated rings. The highest BCUT2D eigenvalue weighted by molar-refractivity contribution is 5.07. The van der Waals surface area contributed by atoms with Crippen molar-refractivity contribution in [3.05, 3.63) is 23.8 Å². The normalized spacial score (nSPS) is 40.0. The van der Waals surface area contributed by atoms with E-state index in [9.17, 15) is 0 Å². The van der Waals surface area contributed by atoms with E-state index >= 15 is 0 Å². The van der Waals surface area contributed by atoms with Crippen LogP contribution in [0, 0.1) is 36.5 Å². The van der Waals surface area contributed by atoms with Gasteiger partial charge in [-0.25, -0.2) is 9.97 Å². The van der Waals surface area contributed by atoms with Crippen molar-refractivity contribution in [2.75, 3.05) is 0 Å². The maximum absolute atomic E-state index is 6.62. The number of rotatable bonds is 3. The van der Waals surface area contributed by atoms with Crippen LogP contribution in [0.15, 0.2) is 12.3 Å². The molecule has 3 heteroatoms. The molecule has 4 saturated carbocycles. The molecule has 1 aromatic rings. The summed E-state index contributed by atoms with van der Waals surface area (Å²) >= 11 is 0. The molecule has 0 saturated heterocycles. The van der Waals surface area contributed by atoms with Crippen LogP contribution in [0.5, 0.6) is 0 Å². The summed E-state index contributed by atoms with van der Waals surface area (Å²) in [5.74, 6) is 5.48. The third-order valence-electron chi connectivity index (χ3n) is 6.07. The van der Waals surface area contributed by atoms with E-state index < -0.39 is 0 Å². The van der Waals surface area contributed by atoms with Gasteiger partial charge < -0.3 is 5.73 Å². The molecule has 1 aromatic heterocycles.